The Morgan fingerprint density at radius 3 is 2.70 bits per heavy atom. The number of carbonyl (C=O) groups excluding carboxylic acids is 1. The van der Waals surface area contributed by atoms with Crippen LogP contribution < -0.4 is 0 Å². The third-order valence-electron chi connectivity index (χ3n) is 4.72. The summed E-state index contributed by atoms with van der Waals surface area (Å²) in [5.41, 5.74) is 2.22. The summed E-state index contributed by atoms with van der Waals surface area (Å²) in [6, 6.07) is 11.0. The van der Waals surface area contributed by atoms with Crippen LogP contribution in [0.4, 0.5) is 0 Å². The second kappa shape index (κ2) is 6.91. The molecule has 1 saturated heterocycles. The minimum absolute atomic E-state index is 0.238. The molecule has 3 rings (SSSR count). The molecule has 4 heteroatoms. The summed E-state index contributed by atoms with van der Waals surface area (Å²) in [5.74, 6) is 0.710. The van der Waals surface area contributed by atoms with Crippen LogP contribution in [0.2, 0.25) is 0 Å². The van der Waals surface area contributed by atoms with Gasteiger partial charge in [0, 0.05) is 17.5 Å². The van der Waals surface area contributed by atoms with Gasteiger partial charge in [-0.15, -0.1) is 0 Å². The number of pyridine rings is 1. The lowest BCUT2D eigenvalue weighted by atomic mass is 9.98. The van der Waals surface area contributed by atoms with E-state index in [0.717, 1.165) is 23.4 Å². The number of hydrogen-bond acceptors (Lipinski definition) is 3. The van der Waals surface area contributed by atoms with Gasteiger partial charge in [0.2, 0.25) is 5.91 Å². The number of fused-ring (bicyclic) bond motifs is 1. The fraction of sp³-hybridized carbons (Fsp3) is 0.474. The van der Waals surface area contributed by atoms with Crippen LogP contribution in [0.3, 0.4) is 0 Å². The Morgan fingerprint density at radius 1 is 1.26 bits per heavy atom. The minimum Gasteiger partial charge on any atom is -0.337 e. The van der Waals surface area contributed by atoms with Gasteiger partial charge in [0.05, 0.1) is 16.3 Å². The van der Waals surface area contributed by atoms with Gasteiger partial charge in [0.15, 0.2) is 0 Å². The van der Waals surface area contributed by atoms with Gasteiger partial charge < -0.3 is 4.90 Å². The molecule has 1 aliphatic heterocycles. The number of aromatic nitrogens is 1. The molecule has 1 aliphatic rings. The van der Waals surface area contributed by atoms with Crippen molar-refractivity contribution in [2.75, 3.05) is 5.75 Å². The molecule has 0 aliphatic carbocycles. The largest absolute Gasteiger partial charge is 0.337 e. The molecule has 23 heavy (non-hydrogen) atoms. The first-order valence-corrected chi connectivity index (χ1v) is 9.35. The topological polar surface area (TPSA) is 33.2 Å². The molecule has 0 unspecified atom stereocenters. The number of para-hydroxylation sites is 1. The molecule has 0 bridgehead atoms. The summed E-state index contributed by atoms with van der Waals surface area (Å²) in [5, 5.41) is 2.12. The van der Waals surface area contributed by atoms with E-state index in [1.807, 2.05) is 18.2 Å². The van der Waals surface area contributed by atoms with Crippen molar-refractivity contribution in [1.29, 1.82) is 0 Å². The van der Waals surface area contributed by atoms with Crippen molar-refractivity contribution in [2.24, 2.45) is 0 Å². The number of benzene rings is 1. The third-order valence-corrected chi connectivity index (χ3v) is 5.62. The maximum absolute atomic E-state index is 12.6. The van der Waals surface area contributed by atoms with Crippen LogP contribution in [0.15, 0.2) is 35.4 Å². The Labute approximate surface area is 142 Å². The summed E-state index contributed by atoms with van der Waals surface area (Å²) in [6.45, 7) is 6.43. The van der Waals surface area contributed by atoms with E-state index in [1.165, 1.54) is 17.4 Å². The summed E-state index contributed by atoms with van der Waals surface area (Å²) >= 11 is 1.55. The SMILES string of the molecule is Cc1cc(SCC(=O)N2[C@H](C)CCC[C@@H]2C)nc2ccccc12. The van der Waals surface area contributed by atoms with E-state index in [9.17, 15) is 4.79 Å². The number of thioether (sulfide) groups is 1. The van der Waals surface area contributed by atoms with Crippen LogP contribution in [0.1, 0.15) is 38.7 Å². The number of piperidine rings is 1. The number of aryl methyl sites for hydroxylation is 1. The van der Waals surface area contributed by atoms with Crippen molar-refractivity contribution >= 4 is 28.6 Å². The molecule has 0 radical (unpaired) electrons. The Balaban J connectivity index is 1.71. The molecule has 0 saturated carbocycles. The minimum atomic E-state index is 0.238. The van der Waals surface area contributed by atoms with Crippen molar-refractivity contribution in [3.05, 3.63) is 35.9 Å². The Hall–Kier alpha value is -1.55. The van der Waals surface area contributed by atoms with E-state index in [1.54, 1.807) is 11.8 Å². The summed E-state index contributed by atoms with van der Waals surface area (Å²) in [7, 11) is 0. The quantitative estimate of drug-likeness (QED) is 0.782. The molecule has 2 aromatic rings. The maximum Gasteiger partial charge on any atom is 0.233 e. The van der Waals surface area contributed by atoms with Gasteiger partial charge in [0.25, 0.3) is 0 Å². The molecule has 2 atom stereocenters. The Kier molecular flexibility index (Phi) is 4.90. The summed E-state index contributed by atoms with van der Waals surface area (Å²) in [4.78, 5) is 19.4. The number of carbonyl (C=O) groups is 1. The maximum atomic E-state index is 12.6. The second-order valence-corrected chi connectivity index (χ2v) is 7.51. The highest BCUT2D eigenvalue weighted by atomic mass is 32.2. The van der Waals surface area contributed by atoms with Crippen LogP contribution >= 0.6 is 11.8 Å². The van der Waals surface area contributed by atoms with E-state index in [4.69, 9.17) is 0 Å². The molecular weight excluding hydrogens is 304 g/mol. The number of nitrogens with zero attached hydrogens (tertiary/aromatic N) is 2. The van der Waals surface area contributed by atoms with Gasteiger partial charge in [-0.25, -0.2) is 4.98 Å². The summed E-state index contributed by atoms with van der Waals surface area (Å²) in [6.07, 6.45) is 3.47. The predicted molar refractivity (Wildman–Crippen MR) is 96.8 cm³/mol. The van der Waals surface area contributed by atoms with Crippen LogP contribution in [0, 0.1) is 6.92 Å². The van der Waals surface area contributed by atoms with Gasteiger partial charge in [-0.1, -0.05) is 30.0 Å². The van der Waals surface area contributed by atoms with Gasteiger partial charge in [-0.2, -0.15) is 0 Å². The highest BCUT2D eigenvalue weighted by Gasteiger charge is 2.28. The Bertz CT molecular complexity index is 706. The van der Waals surface area contributed by atoms with E-state index >= 15 is 0 Å². The molecule has 1 aromatic heterocycles. The van der Waals surface area contributed by atoms with Crippen molar-refractivity contribution in [2.45, 2.75) is 57.1 Å². The molecule has 2 heterocycles. The molecule has 3 nitrogen and oxygen atoms in total. The first kappa shape index (κ1) is 16.3. The zero-order valence-electron chi connectivity index (χ0n) is 14.1. The van der Waals surface area contributed by atoms with Crippen molar-refractivity contribution in [3.8, 4) is 0 Å². The normalized spacial score (nSPS) is 21.6. The number of amides is 1. The standard InChI is InChI=1S/C19H24N2OS/c1-13-11-18(20-17-10-5-4-9-16(13)17)23-12-19(22)21-14(2)7-6-8-15(21)3/h4-5,9-11,14-15H,6-8,12H2,1-3H3/t14-,15+. The van der Waals surface area contributed by atoms with Gasteiger partial charge in [-0.05, 0) is 57.7 Å². The first-order chi connectivity index (χ1) is 11.1. The first-order valence-electron chi connectivity index (χ1n) is 8.36. The second-order valence-electron chi connectivity index (χ2n) is 6.51. The monoisotopic (exact) mass is 328 g/mol. The number of hydrogen-bond donors (Lipinski definition) is 0. The average Bonchev–Trinajstić information content (AvgIpc) is 2.53. The number of likely N-dealkylation sites (tertiary alicyclic amines) is 1. The van der Waals surface area contributed by atoms with Crippen LogP contribution in [-0.4, -0.2) is 33.6 Å². The van der Waals surface area contributed by atoms with Crippen LogP contribution in [0.25, 0.3) is 10.9 Å². The molecular formula is C19H24N2OS. The van der Waals surface area contributed by atoms with E-state index in [0.29, 0.717) is 17.8 Å². The third kappa shape index (κ3) is 3.52. The summed E-state index contributed by atoms with van der Waals surface area (Å²) < 4.78 is 0. The van der Waals surface area contributed by atoms with Crippen molar-refractivity contribution in [1.82, 2.24) is 9.88 Å². The van der Waals surface area contributed by atoms with E-state index in [-0.39, 0.29) is 5.91 Å². The van der Waals surface area contributed by atoms with Gasteiger partial charge in [0.1, 0.15) is 0 Å². The van der Waals surface area contributed by atoms with Gasteiger partial charge >= 0.3 is 0 Å². The lowest BCUT2D eigenvalue weighted by Gasteiger charge is -2.39. The number of rotatable bonds is 3. The fourth-order valence-electron chi connectivity index (χ4n) is 3.52. The van der Waals surface area contributed by atoms with Crippen LogP contribution in [0.5, 0.6) is 0 Å². The highest BCUT2D eigenvalue weighted by molar-refractivity contribution is 7.99. The molecule has 1 amide bonds. The zero-order chi connectivity index (χ0) is 16.4. The molecule has 122 valence electrons. The molecule has 0 N–H and O–H groups in total. The molecule has 0 spiro atoms. The molecule has 1 fully saturated rings. The van der Waals surface area contributed by atoms with Crippen molar-refractivity contribution < 1.29 is 4.79 Å². The lowest BCUT2D eigenvalue weighted by Crippen LogP contribution is -2.48. The van der Waals surface area contributed by atoms with Gasteiger partial charge in [-0.3, -0.25) is 4.79 Å². The average molecular weight is 328 g/mol. The zero-order valence-corrected chi connectivity index (χ0v) is 14.9. The van der Waals surface area contributed by atoms with E-state index in [2.05, 4.69) is 42.8 Å². The smallest absolute Gasteiger partial charge is 0.233 e. The van der Waals surface area contributed by atoms with Crippen molar-refractivity contribution in [3.63, 3.8) is 0 Å². The highest BCUT2D eigenvalue weighted by Crippen LogP contribution is 2.26. The predicted octanol–water partition coefficient (Wildman–Crippen LogP) is 4.42. The van der Waals surface area contributed by atoms with E-state index < -0.39 is 0 Å². The Morgan fingerprint density at radius 2 is 1.96 bits per heavy atom. The lowest BCUT2D eigenvalue weighted by molar-refractivity contribution is -0.134. The fourth-order valence-corrected chi connectivity index (χ4v) is 4.36. The molecule has 1 aromatic carbocycles. The van der Waals surface area contributed by atoms with Crippen LogP contribution in [-0.2, 0) is 4.79 Å².